The van der Waals surface area contributed by atoms with Gasteiger partial charge in [-0.15, -0.1) is 0 Å². The maximum absolute atomic E-state index is 12.8. The molecule has 0 aliphatic heterocycles. The Morgan fingerprint density at radius 3 is 2.83 bits per heavy atom. The predicted molar refractivity (Wildman–Crippen MR) is 85.8 cm³/mol. The van der Waals surface area contributed by atoms with Crippen LogP contribution in [0.15, 0.2) is 29.6 Å². The van der Waals surface area contributed by atoms with E-state index in [0.29, 0.717) is 22.7 Å². The van der Waals surface area contributed by atoms with Crippen LogP contribution in [0.1, 0.15) is 32.1 Å². The smallest absolute Gasteiger partial charge is 0.262 e. The van der Waals surface area contributed by atoms with Gasteiger partial charge >= 0.3 is 0 Å². The maximum Gasteiger partial charge on any atom is 0.262 e. The van der Waals surface area contributed by atoms with Gasteiger partial charge in [0.2, 0.25) is 0 Å². The van der Waals surface area contributed by atoms with E-state index in [0.717, 1.165) is 25.3 Å². The summed E-state index contributed by atoms with van der Waals surface area (Å²) in [7, 11) is 0. The Hall–Kier alpha value is -1.75. The summed E-state index contributed by atoms with van der Waals surface area (Å²) >= 11 is 0. The summed E-state index contributed by atoms with van der Waals surface area (Å²) in [6, 6.07) is 1.78. The minimum absolute atomic E-state index is 0.0133. The van der Waals surface area contributed by atoms with Crippen molar-refractivity contribution in [3.05, 3.63) is 35.1 Å². The Morgan fingerprint density at radius 2 is 2.04 bits per heavy atom. The molecule has 0 amide bonds. The van der Waals surface area contributed by atoms with Gasteiger partial charge in [-0.2, -0.15) is 0 Å². The van der Waals surface area contributed by atoms with Crippen molar-refractivity contribution in [1.29, 1.82) is 0 Å². The van der Waals surface area contributed by atoms with Crippen LogP contribution in [0.25, 0.3) is 10.9 Å². The van der Waals surface area contributed by atoms with Gasteiger partial charge in [0.1, 0.15) is 0 Å². The molecule has 5 heteroatoms. The largest absolute Gasteiger partial charge is 0.393 e. The van der Waals surface area contributed by atoms with Crippen LogP contribution in [0, 0.1) is 23.2 Å². The van der Waals surface area contributed by atoms with E-state index < -0.39 is 0 Å². The summed E-state index contributed by atoms with van der Waals surface area (Å²) < 4.78 is 1.78. The topological polar surface area (TPSA) is 68.0 Å². The first kappa shape index (κ1) is 13.7. The lowest BCUT2D eigenvalue weighted by atomic mass is 9.48. The Kier molecular flexibility index (Phi) is 2.75. The molecule has 2 aromatic rings. The van der Waals surface area contributed by atoms with Crippen LogP contribution < -0.4 is 5.56 Å². The average Bonchev–Trinajstić information content (AvgIpc) is 2.54. The Balaban J connectivity index is 1.53. The molecule has 4 fully saturated rings. The highest BCUT2D eigenvalue weighted by atomic mass is 16.3. The molecule has 5 nitrogen and oxygen atoms in total. The lowest BCUT2D eigenvalue weighted by Gasteiger charge is -2.58. The molecule has 0 saturated heterocycles. The molecule has 1 N–H and O–H groups in total. The third-order valence-corrected chi connectivity index (χ3v) is 6.48. The third kappa shape index (κ3) is 1.99. The highest BCUT2D eigenvalue weighted by Gasteiger charge is 2.55. The molecule has 4 saturated carbocycles. The predicted octanol–water partition coefficient (Wildman–Crippen LogP) is 1.98. The van der Waals surface area contributed by atoms with Crippen LogP contribution in [0.2, 0.25) is 0 Å². The highest BCUT2D eigenvalue weighted by Crippen LogP contribution is 2.60. The van der Waals surface area contributed by atoms with Crippen molar-refractivity contribution in [2.24, 2.45) is 23.2 Å². The van der Waals surface area contributed by atoms with Gasteiger partial charge in [-0.3, -0.25) is 14.3 Å². The zero-order chi connectivity index (χ0) is 15.6. The lowest BCUT2D eigenvalue weighted by molar-refractivity contribution is -0.139. The molecular weight excluding hydrogens is 290 g/mol. The summed E-state index contributed by atoms with van der Waals surface area (Å²) in [6.07, 6.45) is 10.5. The second-order valence-corrected chi connectivity index (χ2v) is 8.03. The second-order valence-electron chi connectivity index (χ2n) is 8.03. The number of pyridine rings is 1. The van der Waals surface area contributed by atoms with Crippen molar-refractivity contribution in [1.82, 2.24) is 14.5 Å². The second kappa shape index (κ2) is 4.63. The van der Waals surface area contributed by atoms with Crippen molar-refractivity contribution in [2.45, 2.75) is 44.8 Å². The molecule has 5 atom stereocenters. The van der Waals surface area contributed by atoms with Gasteiger partial charge in [0.25, 0.3) is 5.56 Å². The standard InChI is InChI=1S/C18H21N3O2/c22-16-12-3-11-4-13(16)7-18(5-11,6-12)9-21-10-20-15-1-2-19-8-14(15)17(21)23/h1-2,8,10-13,16,22H,3-7,9H2/t11?,12-,13+,16?,18?. The van der Waals surface area contributed by atoms with Gasteiger partial charge in [0.05, 0.1) is 23.3 Å². The first-order valence-electron chi connectivity index (χ1n) is 8.61. The minimum atomic E-state index is -0.115. The SMILES string of the molecule is O=c1c2cnccc2ncn1CC12CC3C[C@H](C1)C(O)[C@@H](C3)C2. The molecule has 2 aromatic heterocycles. The van der Waals surface area contributed by atoms with Crippen molar-refractivity contribution in [3.63, 3.8) is 0 Å². The molecular formula is C18H21N3O2. The normalized spacial score (nSPS) is 38.3. The van der Waals surface area contributed by atoms with E-state index in [1.54, 1.807) is 29.4 Å². The van der Waals surface area contributed by atoms with Crippen LogP contribution in [0.4, 0.5) is 0 Å². The molecule has 23 heavy (non-hydrogen) atoms. The lowest BCUT2D eigenvalue weighted by Crippen LogP contribution is -2.55. The number of aliphatic hydroxyl groups excluding tert-OH is 1. The van der Waals surface area contributed by atoms with Gasteiger partial charge < -0.3 is 5.11 Å². The number of hydrogen-bond acceptors (Lipinski definition) is 4. The molecule has 3 unspecified atom stereocenters. The van der Waals surface area contributed by atoms with Crippen LogP contribution in [-0.4, -0.2) is 25.7 Å². The Bertz CT molecular complexity index is 814. The number of fused-ring (bicyclic) bond motifs is 1. The summed E-state index contributed by atoms with van der Waals surface area (Å²) in [4.78, 5) is 21.2. The third-order valence-electron chi connectivity index (χ3n) is 6.48. The first-order chi connectivity index (χ1) is 11.1. The van der Waals surface area contributed by atoms with E-state index >= 15 is 0 Å². The van der Waals surface area contributed by atoms with Crippen molar-refractivity contribution in [2.75, 3.05) is 0 Å². The van der Waals surface area contributed by atoms with Crippen LogP contribution >= 0.6 is 0 Å². The summed E-state index contributed by atoms with van der Waals surface area (Å²) in [5.41, 5.74) is 0.901. The van der Waals surface area contributed by atoms with Crippen LogP contribution in [0.5, 0.6) is 0 Å². The van der Waals surface area contributed by atoms with Crippen LogP contribution in [-0.2, 0) is 6.54 Å². The average molecular weight is 311 g/mol. The molecule has 0 radical (unpaired) electrons. The van der Waals surface area contributed by atoms with Gasteiger partial charge in [-0.1, -0.05) is 0 Å². The van der Waals surface area contributed by atoms with E-state index in [-0.39, 0.29) is 17.1 Å². The van der Waals surface area contributed by atoms with E-state index in [1.807, 2.05) is 0 Å². The first-order valence-corrected chi connectivity index (χ1v) is 8.61. The van der Waals surface area contributed by atoms with E-state index in [9.17, 15) is 9.90 Å². The molecule has 2 heterocycles. The number of aliphatic hydroxyl groups is 1. The summed E-state index contributed by atoms with van der Waals surface area (Å²) in [5.74, 6) is 1.61. The fraction of sp³-hybridized carbons (Fsp3) is 0.611. The zero-order valence-electron chi connectivity index (χ0n) is 13.1. The fourth-order valence-corrected chi connectivity index (χ4v) is 5.84. The van der Waals surface area contributed by atoms with Gasteiger partial charge in [0.15, 0.2) is 0 Å². The number of rotatable bonds is 2. The van der Waals surface area contributed by atoms with Crippen molar-refractivity contribution < 1.29 is 5.11 Å². The van der Waals surface area contributed by atoms with Crippen molar-refractivity contribution in [3.8, 4) is 0 Å². The quantitative estimate of drug-likeness (QED) is 0.921. The molecule has 4 aliphatic carbocycles. The molecule has 6 rings (SSSR count). The van der Waals surface area contributed by atoms with E-state index in [2.05, 4.69) is 9.97 Å². The van der Waals surface area contributed by atoms with E-state index in [4.69, 9.17) is 0 Å². The van der Waals surface area contributed by atoms with Gasteiger partial charge in [-0.05, 0) is 61.3 Å². The van der Waals surface area contributed by atoms with Gasteiger partial charge in [0, 0.05) is 18.9 Å². The fourth-order valence-electron chi connectivity index (χ4n) is 5.84. The maximum atomic E-state index is 12.8. The Labute approximate surface area is 134 Å². The number of nitrogens with zero attached hydrogens (tertiary/aromatic N) is 3. The molecule has 4 aliphatic rings. The van der Waals surface area contributed by atoms with Gasteiger partial charge in [-0.25, -0.2) is 4.98 Å². The summed E-state index contributed by atoms with van der Waals surface area (Å²) in [5, 5.41) is 11.0. The number of aromatic nitrogens is 3. The van der Waals surface area contributed by atoms with E-state index in [1.165, 1.54) is 19.3 Å². The molecule has 120 valence electrons. The van der Waals surface area contributed by atoms with Crippen molar-refractivity contribution >= 4 is 10.9 Å². The molecule has 0 spiro atoms. The van der Waals surface area contributed by atoms with Crippen LogP contribution in [0.3, 0.4) is 0 Å². The Morgan fingerprint density at radius 1 is 1.26 bits per heavy atom. The molecule has 4 bridgehead atoms. The minimum Gasteiger partial charge on any atom is -0.393 e. The summed E-state index contributed by atoms with van der Waals surface area (Å²) in [6.45, 7) is 0.736. The molecule has 0 aromatic carbocycles. The number of hydrogen-bond donors (Lipinski definition) is 1. The monoisotopic (exact) mass is 311 g/mol. The highest BCUT2D eigenvalue weighted by molar-refractivity contribution is 5.75. The zero-order valence-corrected chi connectivity index (χ0v) is 13.1.